The number of benzene rings is 2. The standard InChI is InChI=1S/C20H21FN4O3S/c1-3-18(26)23-16-8-10-17(11-9-16)29(27,28)24-19(20-22-12-13-25(20)2)14-4-6-15(21)7-5-14/h4-13,19,24H,3H2,1-2H3,(H,23,26). The van der Waals surface area contributed by atoms with Crippen LogP contribution in [0.25, 0.3) is 0 Å². The van der Waals surface area contributed by atoms with Crippen LogP contribution in [0.3, 0.4) is 0 Å². The van der Waals surface area contributed by atoms with Crippen LogP contribution in [0.4, 0.5) is 10.1 Å². The van der Waals surface area contributed by atoms with Crippen molar-refractivity contribution in [1.82, 2.24) is 14.3 Å². The predicted octanol–water partition coefficient (Wildman–Crippen LogP) is 2.98. The van der Waals surface area contributed by atoms with Crippen molar-refractivity contribution in [1.29, 1.82) is 0 Å². The molecule has 1 unspecified atom stereocenters. The van der Waals surface area contributed by atoms with Gasteiger partial charge in [-0.15, -0.1) is 0 Å². The van der Waals surface area contributed by atoms with E-state index in [2.05, 4.69) is 15.0 Å². The molecule has 2 N–H and O–H groups in total. The number of hydrogen-bond donors (Lipinski definition) is 2. The summed E-state index contributed by atoms with van der Waals surface area (Å²) in [6.07, 6.45) is 3.58. The largest absolute Gasteiger partial charge is 0.336 e. The summed E-state index contributed by atoms with van der Waals surface area (Å²) in [4.78, 5) is 15.8. The van der Waals surface area contributed by atoms with Crippen LogP contribution in [0.5, 0.6) is 0 Å². The Labute approximate surface area is 168 Å². The lowest BCUT2D eigenvalue weighted by molar-refractivity contribution is -0.115. The fraction of sp³-hybridized carbons (Fsp3) is 0.200. The topological polar surface area (TPSA) is 93.1 Å². The minimum Gasteiger partial charge on any atom is -0.336 e. The molecule has 0 bridgehead atoms. The summed E-state index contributed by atoms with van der Waals surface area (Å²) in [6.45, 7) is 1.73. The van der Waals surface area contributed by atoms with Crippen LogP contribution >= 0.6 is 0 Å². The summed E-state index contributed by atoms with van der Waals surface area (Å²) < 4.78 is 43.6. The summed E-state index contributed by atoms with van der Waals surface area (Å²) in [5.41, 5.74) is 1.06. The molecule has 1 amide bonds. The van der Waals surface area contributed by atoms with Crippen LogP contribution in [-0.4, -0.2) is 23.9 Å². The van der Waals surface area contributed by atoms with Crippen LogP contribution in [0.15, 0.2) is 65.8 Å². The number of rotatable bonds is 7. The van der Waals surface area contributed by atoms with E-state index < -0.39 is 21.9 Å². The number of anilines is 1. The molecule has 0 radical (unpaired) electrons. The van der Waals surface area contributed by atoms with E-state index >= 15 is 0 Å². The zero-order chi connectivity index (χ0) is 21.0. The van der Waals surface area contributed by atoms with E-state index in [1.165, 1.54) is 48.5 Å². The summed E-state index contributed by atoms with van der Waals surface area (Å²) in [5, 5.41) is 2.67. The molecule has 0 saturated heterocycles. The zero-order valence-electron chi connectivity index (χ0n) is 16.0. The highest BCUT2D eigenvalue weighted by Gasteiger charge is 2.25. The van der Waals surface area contributed by atoms with Crippen LogP contribution < -0.4 is 10.0 Å². The summed E-state index contributed by atoms with van der Waals surface area (Å²) in [7, 11) is -2.17. The van der Waals surface area contributed by atoms with Crippen LogP contribution in [-0.2, 0) is 21.9 Å². The maximum atomic E-state index is 13.3. The molecule has 0 aliphatic heterocycles. The molecular weight excluding hydrogens is 395 g/mol. The molecule has 0 spiro atoms. The first-order valence-corrected chi connectivity index (χ1v) is 10.4. The average molecular weight is 416 g/mol. The van der Waals surface area contributed by atoms with Gasteiger partial charge in [0, 0.05) is 31.5 Å². The van der Waals surface area contributed by atoms with Gasteiger partial charge in [-0.1, -0.05) is 19.1 Å². The van der Waals surface area contributed by atoms with Crippen molar-refractivity contribution >= 4 is 21.6 Å². The molecular formula is C20H21FN4O3S. The molecule has 3 aromatic rings. The maximum Gasteiger partial charge on any atom is 0.241 e. The predicted molar refractivity (Wildman–Crippen MR) is 107 cm³/mol. The number of amides is 1. The van der Waals surface area contributed by atoms with Gasteiger partial charge in [0.05, 0.1) is 4.90 Å². The number of carbonyl (C=O) groups excluding carboxylic acids is 1. The second-order valence-corrected chi connectivity index (χ2v) is 8.14. The van der Waals surface area contributed by atoms with Crippen molar-refractivity contribution in [2.24, 2.45) is 7.05 Å². The zero-order valence-corrected chi connectivity index (χ0v) is 16.8. The molecule has 7 nitrogen and oxygen atoms in total. The highest BCUT2D eigenvalue weighted by atomic mass is 32.2. The van der Waals surface area contributed by atoms with Gasteiger partial charge in [0.25, 0.3) is 0 Å². The van der Waals surface area contributed by atoms with E-state index in [0.717, 1.165) is 0 Å². The number of nitrogens with one attached hydrogen (secondary N) is 2. The van der Waals surface area contributed by atoms with Crippen LogP contribution in [0.1, 0.15) is 30.8 Å². The lowest BCUT2D eigenvalue weighted by Crippen LogP contribution is -2.31. The van der Waals surface area contributed by atoms with E-state index in [0.29, 0.717) is 23.5 Å². The van der Waals surface area contributed by atoms with E-state index in [1.54, 1.807) is 30.9 Å². The third kappa shape index (κ3) is 4.87. The Hall–Kier alpha value is -3.04. The Bertz CT molecular complexity index is 1090. The molecule has 3 rings (SSSR count). The third-order valence-corrected chi connectivity index (χ3v) is 5.80. The number of carbonyl (C=O) groups is 1. The fourth-order valence-electron chi connectivity index (χ4n) is 2.77. The second kappa shape index (κ2) is 8.54. The highest BCUT2D eigenvalue weighted by molar-refractivity contribution is 7.89. The van der Waals surface area contributed by atoms with Crippen LogP contribution in [0.2, 0.25) is 0 Å². The van der Waals surface area contributed by atoms with Gasteiger partial charge in [-0.3, -0.25) is 4.79 Å². The average Bonchev–Trinajstić information content (AvgIpc) is 3.13. The number of imidazole rings is 1. The Morgan fingerprint density at radius 1 is 1.14 bits per heavy atom. The molecule has 1 atom stereocenters. The first-order valence-electron chi connectivity index (χ1n) is 8.95. The maximum absolute atomic E-state index is 13.3. The number of sulfonamides is 1. The van der Waals surface area contributed by atoms with E-state index in [4.69, 9.17) is 0 Å². The first-order chi connectivity index (χ1) is 13.8. The van der Waals surface area contributed by atoms with Gasteiger partial charge in [0.1, 0.15) is 17.7 Å². The van der Waals surface area contributed by atoms with Crippen molar-refractivity contribution < 1.29 is 17.6 Å². The molecule has 0 aliphatic rings. The lowest BCUT2D eigenvalue weighted by Gasteiger charge is -2.19. The molecule has 1 aromatic heterocycles. The fourth-order valence-corrected chi connectivity index (χ4v) is 3.95. The number of nitrogens with zero attached hydrogens (tertiary/aromatic N) is 2. The number of aromatic nitrogens is 2. The minimum absolute atomic E-state index is 0.0355. The second-order valence-electron chi connectivity index (χ2n) is 6.43. The molecule has 152 valence electrons. The summed E-state index contributed by atoms with van der Waals surface area (Å²) in [6, 6.07) is 10.6. The normalized spacial score (nSPS) is 12.5. The monoisotopic (exact) mass is 416 g/mol. The quantitative estimate of drug-likeness (QED) is 0.619. The van der Waals surface area contributed by atoms with Crippen molar-refractivity contribution in [3.8, 4) is 0 Å². The number of aryl methyl sites for hydroxylation is 1. The lowest BCUT2D eigenvalue weighted by atomic mass is 10.1. The summed E-state index contributed by atoms with van der Waals surface area (Å²) in [5.74, 6) is -0.114. The smallest absolute Gasteiger partial charge is 0.241 e. The van der Waals surface area contributed by atoms with Gasteiger partial charge >= 0.3 is 0 Å². The van der Waals surface area contributed by atoms with Gasteiger partial charge in [0.2, 0.25) is 15.9 Å². The number of halogens is 1. The van der Waals surface area contributed by atoms with Crippen LogP contribution in [0, 0.1) is 5.82 Å². The van der Waals surface area contributed by atoms with Gasteiger partial charge < -0.3 is 9.88 Å². The highest BCUT2D eigenvalue weighted by Crippen LogP contribution is 2.24. The van der Waals surface area contributed by atoms with E-state index in [-0.39, 0.29) is 10.8 Å². The molecule has 0 fully saturated rings. The summed E-state index contributed by atoms with van der Waals surface area (Å²) >= 11 is 0. The van der Waals surface area contributed by atoms with Crippen molar-refractivity contribution in [2.45, 2.75) is 24.3 Å². The molecule has 2 aromatic carbocycles. The Morgan fingerprint density at radius 2 is 1.79 bits per heavy atom. The van der Waals surface area contributed by atoms with Crippen molar-refractivity contribution in [2.75, 3.05) is 5.32 Å². The first kappa shape index (κ1) is 20.7. The van der Waals surface area contributed by atoms with E-state index in [1.807, 2.05) is 0 Å². The van der Waals surface area contributed by atoms with Crippen molar-refractivity contribution in [3.63, 3.8) is 0 Å². The van der Waals surface area contributed by atoms with Gasteiger partial charge in [0.15, 0.2) is 0 Å². The molecule has 9 heteroatoms. The third-order valence-electron chi connectivity index (χ3n) is 4.36. The molecule has 0 aliphatic carbocycles. The Morgan fingerprint density at radius 3 is 2.34 bits per heavy atom. The minimum atomic E-state index is -3.92. The SMILES string of the molecule is CCC(=O)Nc1ccc(S(=O)(=O)NC(c2ccc(F)cc2)c2nccn2C)cc1. The number of hydrogen-bond acceptors (Lipinski definition) is 4. The Balaban J connectivity index is 1.91. The van der Waals surface area contributed by atoms with Gasteiger partial charge in [-0.25, -0.2) is 17.8 Å². The molecule has 29 heavy (non-hydrogen) atoms. The molecule has 0 saturated carbocycles. The Kier molecular flexibility index (Phi) is 6.09. The van der Waals surface area contributed by atoms with Crippen molar-refractivity contribution in [3.05, 3.63) is 78.1 Å². The molecule has 1 heterocycles. The van der Waals surface area contributed by atoms with Gasteiger partial charge in [-0.05, 0) is 42.0 Å². The van der Waals surface area contributed by atoms with Gasteiger partial charge in [-0.2, -0.15) is 4.72 Å². The van der Waals surface area contributed by atoms with E-state index in [9.17, 15) is 17.6 Å².